The molecule has 1 aromatic carbocycles. The van der Waals surface area contributed by atoms with Crippen molar-refractivity contribution in [3.8, 4) is 0 Å². The number of hydrogen-bond donors (Lipinski definition) is 1. The van der Waals surface area contributed by atoms with Crippen LogP contribution in [0.15, 0.2) is 24.3 Å². The lowest BCUT2D eigenvalue weighted by molar-refractivity contribution is 0.0221. The quantitative estimate of drug-likeness (QED) is 0.858. The monoisotopic (exact) mass is 285 g/mol. The predicted molar refractivity (Wildman–Crippen MR) is 71.3 cm³/mol. The van der Waals surface area contributed by atoms with Gasteiger partial charge in [-0.3, -0.25) is 10.1 Å². The first-order chi connectivity index (χ1) is 8.99. The van der Waals surface area contributed by atoms with Crippen molar-refractivity contribution < 1.29 is 23.1 Å². The van der Waals surface area contributed by atoms with Crippen molar-refractivity contribution in [1.29, 1.82) is 0 Å². The van der Waals surface area contributed by atoms with Crippen molar-refractivity contribution in [2.45, 2.75) is 39.2 Å². The number of benzene rings is 1. The van der Waals surface area contributed by atoms with Crippen molar-refractivity contribution in [3.05, 3.63) is 29.8 Å². The Kier molecular flexibility index (Phi) is 4.47. The van der Waals surface area contributed by atoms with E-state index >= 15 is 0 Å². The third-order valence-electron chi connectivity index (χ3n) is 2.19. The molecule has 20 heavy (non-hydrogen) atoms. The number of halogens is 2. The van der Waals surface area contributed by atoms with Gasteiger partial charge in [-0.2, -0.15) is 8.78 Å². The highest BCUT2D eigenvalue weighted by molar-refractivity contribution is 6.01. The van der Waals surface area contributed by atoms with Crippen LogP contribution in [0, 0.1) is 0 Å². The number of ether oxygens (including phenoxy) is 1. The summed E-state index contributed by atoms with van der Waals surface area (Å²) in [5, 5.41) is 2.44. The summed E-state index contributed by atoms with van der Waals surface area (Å²) < 4.78 is 30.8. The molecule has 1 N–H and O–H groups in total. The molecule has 0 aliphatic heterocycles. The van der Waals surface area contributed by atoms with Gasteiger partial charge in [0, 0.05) is 18.2 Å². The Morgan fingerprint density at radius 1 is 1.05 bits per heavy atom. The number of hydrogen-bond acceptors (Lipinski definition) is 3. The van der Waals surface area contributed by atoms with Crippen molar-refractivity contribution in [1.82, 2.24) is 0 Å². The second kappa shape index (κ2) is 5.56. The van der Waals surface area contributed by atoms with E-state index in [1.165, 1.54) is 24.3 Å². The van der Waals surface area contributed by atoms with Gasteiger partial charge in [0.1, 0.15) is 5.60 Å². The summed E-state index contributed by atoms with van der Waals surface area (Å²) in [5.41, 5.74) is -0.396. The van der Waals surface area contributed by atoms with E-state index in [2.05, 4.69) is 5.32 Å². The van der Waals surface area contributed by atoms with Crippen molar-refractivity contribution in [2.75, 3.05) is 5.32 Å². The minimum atomic E-state index is -3.42. The first kappa shape index (κ1) is 16.1. The molecule has 0 heterocycles. The van der Waals surface area contributed by atoms with E-state index in [1.807, 2.05) is 0 Å². The van der Waals surface area contributed by atoms with Crippen LogP contribution >= 0.6 is 0 Å². The SMILES string of the molecule is CC(C)(C)OC(=O)Nc1ccc(C(=O)C(C)(F)F)cc1. The van der Waals surface area contributed by atoms with E-state index in [1.54, 1.807) is 20.8 Å². The van der Waals surface area contributed by atoms with E-state index in [-0.39, 0.29) is 5.56 Å². The second-order valence-corrected chi connectivity index (χ2v) is 5.42. The van der Waals surface area contributed by atoms with E-state index < -0.39 is 23.4 Å². The van der Waals surface area contributed by atoms with Crippen molar-refractivity contribution in [3.63, 3.8) is 0 Å². The number of Topliss-reactive ketones (excluding diaryl/α,β-unsaturated/α-hetero) is 1. The Morgan fingerprint density at radius 3 is 1.95 bits per heavy atom. The molecule has 0 aliphatic rings. The molecule has 0 saturated heterocycles. The lowest BCUT2D eigenvalue weighted by atomic mass is 10.1. The van der Waals surface area contributed by atoms with Crippen LogP contribution in [-0.4, -0.2) is 23.4 Å². The summed E-state index contributed by atoms with van der Waals surface area (Å²) in [5.74, 6) is -4.68. The first-order valence-corrected chi connectivity index (χ1v) is 6.02. The maximum atomic E-state index is 12.9. The minimum Gasteiger partial charge on any atom is -0.444 e. The molecule has 0 spiro atoms. The molecule has 1 amide bonds. The van der Waals surface area contributed by atoms with Gasteiger partial charge in [-0.15, -0.1) is 0 Å². The van der Waals surface area contributed by atoms with Crippen LogP contribution in [0.25, 0.3) is 0 Å². The van der Waals surface area contributed by atoms with Gasteiger partial charge in [0.15, 0.2) is 0 Å². The van der Waals surface area contributed by atoms with Crippen LogP contribution in [0.3, 0.4) is 0 Å². The van der Waals surface area contributed by atoms with Crippen LogP contribution in [0.1, 0.15) is 38.1 Å². The zero-order chi connectivity index (χ0) is 15.6. The second-order valence-electron chi connectivity index (χ2n) is 5.42. The largest absolute Gasteiger partial charge is 0.444 e. The fraction of sp³-hybridized carbons (Fsp3) is 0.429. The summed E-state index contributed by atoms with van der Waals surface area (Å²) in [6.45, 7) is 5.70. The zero-order valence-corrected chi connectivity index (χ0v) is 11.8. The number of carbonyl (C=O) groups is 2. The van der Waals surface area contributed by atoms with Crippen LogP contribution in [0.2, 0.25) is 0 Å². The summed E-state index contributed by atoms with van der Waals surface area (Å²) in [6, 6.07) is 5.19. The first-order valence-electron chi connectivity index (χ1n) is 6.02. The smallest absolute Gasteiger partial charge is 0.412 e. The van der Waals surface area contributed by atoms with Gasteiger partial charge in [0.05, 0.1) is 0 Å². The lowest BCUT2D eigenvalue weighted by Crippen LogP contribution is -2.27. The molecular formula is C14H17F2NO3. The minimum absolute atomic E-state index is 0.118. The molecule has 6 heteroatoms. The number of alkyl halides is 2. The normalized spacial score (nSPS) is 11.9. The average molecular weight is 285 g/mol. The fourth-order valence-electron chi connectivity index (χ4n) is 1.38. The number of carbonyl (C=O) groups excluding carboxylic acids is 2. The third kappa shape index (κ3) is 4.95. The number of anilines is 1. The summed E-state index contributed by atoms with van der Waals surface area (Å²) in [6.07, 6.45) is -0.655. The van der Waals surface area contributed by atoms with Gasteiger partial charge in [-0.25, -0.2) is 4.79 Å². The Bertz CT molecular complexity index is 499. The molecule has 0 radical (unpaired) electrons. The predicted octanol–water partition coefficient (Wildman–Crippen LogP) is 3.87. The van der Waals surface area contributed by atoms with Gasteiger partial charge < -0.3 is 4.74 Å². The molecule has 4 nitrogen and oxygen atoms in total. The Balaban J connectivity index is 2.73. The van der Waals surface area contributed by atoms with E-state index in [0.29, 0.717) is 12.6 Å². The zero-order valence-electron chi connectivity index (χ0n) is 11.8. The summed E-state index contributed by atoms with van der Waals surface area (Å²) in [7, 11) is 0. The Morgan fingerprint density at radius 2 is 1.55 bits per heavy atom. The Hall–Kier alpha value is -1.98. The third-order valence-corrected chi connectivity index (χ3v) is 2.19. The highest BCUT2D eigenvalue weighted by Gasteiger charge is 2.32. The molecule has 1 aromatic rings. The van der Waals surface area contributed by atoms with Gasteiger partial charge in [0.25, 0.3) is 0 Å². The van der Waals surface area contributed by atoms with Gasteiger partial charge in [-0.05, 0) is 45.0 Å². The summed E-state index contributed by atoms with van der Waals surface area (Å²) in [4.78, 5) is 22.8. The summed E-state index contributed by atoms with van der Waals surface area (Å²) >= 11 is 0. The molecule has 0 atom stereocenters. The molecule has 1 rings (SSSR count). The van der Waals surface area contributed by atoms with Gasteiger partial charge in [-0.1, -0.05) is 0 Å². The number of nitrogens with one attached hydrogen (secondary N) is 1. The van der Waals surface area contributed by atoms with Gasteiger partial charge >= 0.3 is 12.0 Å². The molecular weight excluding hydrogens is 268 g/mol. The van der Waals surface area contributed by atoms with Gasteiger partial charge in [0.2, 0.25) is 5.78 Å². The van der Waals surface area contributed by atoms with E-state index in [0.717, 1.165) is 0 Å². The van der Waals surface area contributed by atoms with Crippen LogP contribution < -0.4 is 5.32 Å². The molecule has 0 aliphatic carbocycles. The fourth-order valence-corrected chi connectivity index (χ4v) is 1.38. The number of ketones is 1. The topological polar surface area (TPSA) is 55.4 Å². The van der Waals surface area contributed by atoms with Crippen molar-refractivity contribution >= 4 is 17.6 Å². The molecule has 0 unspecified atom stereocenters. The molecule has 0 fully saturated rings. The average Bonchev–Trinajstić information content (AvgIpc) is 2.25. The number of amides is 1. The highest BCUT2D eigenvalue weighted by Crippen LogP contribution is 2.20. The number of rotatable bonds is 3. The van der Waals surface area contributed by atoms with Crippen molar-refractivity contribution in [2.24, 2.45) is 0 Å². The highest BCUT2D eigenvalue weighted by atomic mass is 19.3. The maximum Gasteiger partial charge on any atom is 0.412 e. The Labute approximate surface area is 116 Å². The standard InChI is InChI=1S/C14H17F2NO3/c1-13(2,3)20-12(19)17-10-7-5-9(6-8-10)11(18)14(4,15)16/h5-8H,1-4H3,(H,17,19). The molecule has 110 valence electrons. The van der Waals surface area contributed by atoms with Crippen LogP contribution in [-0.2, 0) is 4.74 Å². The van der Waals surface area contributed by atoms with Crippen LogP contribution in [0.4, 0.5) is 19.3 Å². The molecule has 0 saturated carbocycles. The lowest BCUT2D eigenvalue weighted by Gasteiger charge is -2.19. The van der Waals surface area contributed by atoms with E-state index in [9.17, 15) is 18.4 Å². The molecule has 0 bridgehead atoms. The maximum absolute atomic E-state index is 12.9. The molecule has 0 aromatic heterocycles. The van der Waals surface area contributed by atoms with Crippen LogP contribution in [0.5, 0.6) is 0 Å². The van der Waals surface area contributed by atoms with E-state index in [4.69, 9.17) is 4.74 Å².